The number of aryl methyl sites for hydroxylation is 1. The molecule has 1 heterocycles. The van der Waals surface area contributed by atoms with Gasteiger partial charge < -0.3 is 5.32 Å². The minimum atomic E-state index is -3.37. The van der Waals surface area contributed by atoms with Crippen molar-refractivity contribution in [3.05, 3.63) is 69.4 Å². The van der Waals surface area contributed by atoms with Crippen molar-refractivity contribution in [1.82, 2.24) is 9.55 Å². The highest BCUT2D eigenvalue weighted by Crippen LogP contribution is 2.15. The Labute approximate surface area is 166 Å². The minimum absolute atomic E-state index is 0.0140. The second kappa shape index (κ2) is 8.31. The van der Waals surface area contributed by atoms with Gasteiger partial charge in [0.2, 0.25) is 15.9 Å². The van der Waals surface area contributed by atoms with Gasteiger partial charge >= 0.3 is 5.69 Å². The number of aromatic amines is 1. The van der Waals surface area contributed by atoms with E-state index in [1.807, 2.05) is 0 Å². The van der Waals surface area contributed by atoms with Crippen molar-refractivity contribution in [2.45, 2.75) is 19.9 Å². The van der Waals surface area contributed by atoms with E-state index in [1.54, 1.807) is 48.5 Å². The van der Waals surface area contributed by atoms with Crippen LogP contribution in [0, 0.1) is 0 Å². The summed E-state index contributed by atoms with van der Waals surface area (Å²) in [7, 11) is -3.37. The summed E-state index contributed by atoms with van der Waals surface area (Å²) in [5.74, 6) is -0.362. The molecule has 29 heavy (non-hydrogen) atoms. The summed E-state index contributed by atoms with van der Waals surface area (Å²) in [6.07, 6.45) is 0.0140. The summed E-state index contributed by atoms with van der Waals surface area (Å²) in [4.78, 5) is 38.5. The van der Waals surface area contributed by atoms with Crippen LogP contribution in [0.1, 0.15) is 13.3 Å². The van der Waals surface area contributed by atoms with Crippen molar-refractivity contribution in [1.29, 1.82) is 0 Å². The van der Waals surface area contributed by atoms with Crippen LogP contribution in [-0.4, -0.2) is 29.6 Å². The summed E-state index contributed by atoms with van der Waals surface area (Å²) >= 11 is 0. The van der Waals surface area contributed by atoms with E-state index in [0.717, 1.165) is 0 Å². The Morgan fingerprint density at radius 3 is 2.38 bits per heavy atom. The number of para-hydroxylation sites is 1. The number of fused-ring (bicyclic) bond motifs is 1. The van der Waals surface area contributed by atoms with Gasteiger partial charge in [0.05, 0.1) is 16.7 Å². The lowest BCUT2D eigenvalue weighted by molar-refractivity contribution is -0.116. The third-order valence-electron chi connectivity index (χ3n) is 4.29. The van der Waals surface area contributed by atoms with Crippen LogP contribution in [-0.2, 0) is 21.4 Å². The van der Waals surface area contributed by atoms with E-state index in [4.69, 9.17) is 0 Å². The molecular weight excluding hydrogens is 396 g/mol. The van der Waals surface area contributed by atoms with Gasteiger partial charge in [-0.25, -0.2) is 13.2 Å². The van der Waals surface area contributed by atoms with Crippen LogP contribution in [0.2, 0.25) is 0 Å². The predicted molar refractivity (Wildman–Crippen MR) is 112 cm³/mol. The first-order valence-electron chi connectivity index (χ1n) is 8.91. The molecule has 0 fully saturated rings. The van der Waals surface area contributed by atoms with Gasteiger partial charge in [0.15, 0.2) is 0 Å². The molecule has 3 rings (SSSR count). The second-order valence-electron chi connectivity index (χ2n) is 6.31. The quantitative estimate of drug-likeness (QED) is 0.537. The summed E-state index contributed by atoms with van der Waals surface area (Å²) in [6.45, 7) is 1.63. The fourth-order valence-electron chi connectivity index (χ4n) is 2.77. The van der Waals surface area contributed by atoms with Crippen molar-refractivity contribution >= 4 is 38.2 Å². The van der Waals surface area contributed by atoms with Gasteiger partial charge in [0.1, 0.15) is 0 Å². The Morgan fingerprint density at radius 2 is 1.69 bits per heavy atom. The van der Waals surface area contributed by atoms with Gasteiger partial charge in [-0.1, -0.05) is 12.1 Å². The molecule has 0 unspecified atom stereocenters. The molecule has 152 valence electrons. The van der Waals surface area contributed by atoms with Gasteiger partial charge in [-0.05, 0) is 43.3 Å². The zero-order valence-corrected chi connectivity index (χ0v) is 16.5. The Bertz CT molecular complexity index is 1260. The summed E-state index contributed by atoms with van der Waals surface area (Å²) in [6, 6.07) is 12.9. The molecule has 2 aromatic carbocycles. The van der Waals surface area contributed by atoms with E-state index < -0.39 is 21.3 Å². The van der Waals surface area contributed by atoms with E-state index in [-0.39, 0.29) is 24.6 Å². The number of carbonyl (C=O) groups excluding carboxylic acids is 1. The highest BCUT2D eigenvalue weighted by molar-refractivity contribution is 7.92. The van der Waals surface area contributed by atoms with Gasteiger partial charge in [-0.3, -0.25) is 23.9 Å². The van der Waals surface area contributed by atoms with Gasteiger partial charge in [-0.2, -0.15) is 0 Å². The molecule has 0 radical (unpaired) electrons. The number of aromatic nitrogens is 2. The number of nitrogens with zero attached hydrogens (tertiary/aromatic N) is 1. The lowest BCUT2D eigenvalue weighted by Crippen LogP contribution is -2.31. The lowest BCUT2D eigenvalue weighted by Gasteiger charge is -2.10. The normalized spacial score (nSPS) is 11.3. The monoisotopic (exact) mass is 416 g/mol. The molecule has 3 aromatic rings. The SMILES string of the molecule is CCS(=O)(=O)Nc1ccc(NC(=O)CCn2c(=O)[nH]c(=O)c3ccccc32)cc1. The minimum Gasteiger partial charge on any atom is -0.326 e. The van der Waals surface area contributed by atoms with E-state index >= 15 is 0 Å². The van der Waals surface area contributed by atoms with E-state index in [2.05, 4.69) is 15.0 Å². The molecule has 0 aliphatic rings. The van der Waals surface area contributed by atoms with E-state index in [1.165, 1.54) is 11.5 Å². The number of benzene rings is 2. The highest BCUT2D eigenvalue weighted by Gasteiger charge is 2.10. The highest BCUT2D eigenvalue weighted by atomic mass is 32.2. The number of rotatable bonds is 7. The second-order valence-corrected chi connectivity index (χ2v) is 8.32. The first-order chi connectivity index (χ1) is 13.8. The summed E-state index contributed by atoms with van der Waals surface area (Å²) < 4.78 is 26.9. The molecule has 0 spiro atoms. The van der Waals surface area contributed by atoms with Crippen molar-refractivity contribution < 1.29 is 13.2 Å². The summed E-state index contributed by atoms with van der Waals surface area (Å²) in [5.41, 5.74) is 0.310. The molecule has 0 bridgehead atoms. The number of carbonyl (C=O) groups is 1. The number of hydrogen-bond donors (Lipinski definition) is 3. The molecule has 0 saturated heterocycles. The maximum absolute atomic E-state index is 12.3. The van der Waals surface area contributed by atoms with Crippen LogP contribution >= 0.6 is 0 Å². The lowest BCUT2D eigenvalue weighted by atomic mass is 10.2. The maximum Gasteiger partial charge on any atom is 0.328 e. The Kier molecular flexibility index (Phi) is 5.83. The van der Waals surface area contributed by atoms with Crippen molar-refractivity contribution in [2.24, 2.45) is 0 Å². The predicted octanol–water partition coefficient (Wildman–Crippen LogP) is 1.48. The van der Waals surface area contributed by atoms with Gasteiger partial charge in [0, 0.05) is 24.3 Å². The van der Waals surface area contributed by atoms with Gasteiger partial charge in [-0.15, -0.1) is 0 Å². The van der Waals surface area contributed by atoms with Crippen LogP contribution in [0.5, 0.6) is 0 Å². The Balaban J connectivity index is 1.67. The molecule has 0 saturated carbocycles. The molecule has 0 atom stereocenters. The topological polar surface area (TPSA) is 130 Å². The van der Waals surface area contributed by atoms with E-state index in [9.17, 15) is 22.8 Å². The number of nitrogens with one attached hydrogen (secondary N) is 3. The van der Waals surface area contributed by atoms with Crippen LogP contribution in [0.25, 0.3) is 10.9 Å². The maximum atomic E-state index is 12.3. The Hall–Kier alpha value is -3.40. The largest absolute Gasteiger partial charge is 0.328 e. The van der Waals surface area contributed by atoms with Crippen LogP contribution in [0.15, 0.2) is 58.1 Å². The van der Waals surface area contributed by atoms with Crippen molar-refractivity contribution in [3.8, 4) is 0 Å². The standard InChI is InChI=1S/C19H20N4O5S/c1-2-29(27,28)22-14-9-7-13(8-10-14)20-17(24)11-12-23-16-6-4-3-5-15(16)18(25)21-19(23)26/h3-10,22H,2,11-12H2,1H3,(H,20,24)(H,21,25,26). The average Bonchev–Trinajstić information content (AvgIpc) is 2.69. The molecule has 1 aromatic heterocycles. The third-order valence-corrected chi connectivity index (χ3v) is 5.60. The molecule has 0 aliphatic carbocycles. The molecular formula is C19H20N4O5S. The zero-order valence-electron chi connectivity index (χ0n) is 15.6. The third kappa shape index (κ3) is 4.91. The number of amides is 1. The number of hydrogen-bond acceptors (Lipinski definition) is 5. The van der Waals surface area contributed by atoms with Crippen molar-refractivity contribution in [3.63, 3.8) is 0 Å². The van der Waals surface area contributed by atoms with Gasteiger partial charge in [0.25, 0.3) is 5.56 Å². The number of sulfonamides is 1. The molecule has 10 heteroatoms. The average molecular weight is 416 g/mol. The fourth-order valence-corrected chi connectivity index (χ4v) is 3.41. The number of H-pyrrole nitrogens is 1. The first kappa shape index (κ1) is 20.3. The zero-order chi connectivity index (χ0) is 21.0. The van der Waals surface area contributed by atoms with Crippen molar-refractivity contribution in [2.75, 3.05) is 15.8 Å². The summed E-state index contributed by atoms with van der Waals surface area (Å²) in [5, 5.41) is 3.06. The van der Waals surface area contributed by atoms with Crippen LogP contribution in [0.4, 0.5) is 11.4 Å². The van der Waals surface area contributed by atoms with Crippen LogP contribution in [0.3, 0.4) is 0 Å². The molecule has 0 aliphatic heterocycles. The Morgan fingerprint density at radius 1 is 1.03 bits per heavy atom. The van der Waals surface area contributed by atoms with E-state index in [0.29, 0.717) is 22.3 Å². The molecule has 9 nitrogen and oxygen atoms in total. The molecule has 3 N–H and O–H groups in total. The smallest absolute Gasteiger partial charge is 0.326 e. The number of anilines is 2. The molecule has 1 amide bonds. The van der Waals surface area contributed by atoms with Crippen LogP contribution < -0.4 is 21.3 Å². The fraction of sp³-hybridized carbons (Fsp3) is 0.211. The first-order valence-corrected chi connectivity index (χ1v) is 10.6.